The molecule has 0 bridgehead atoms. The highest BCUT2D eigenvalue weighted by Gasteiger charge is 2.28. The van der Waals surface area contributed by atoms with E-state index in [4.69, 9.17) is 4.74 Å². The summed E-state index contributed by atoms with van der Waals surface area (Å²) in [5.74, 6) is -1.07. The Morgan fingerprint density at radius 3 is 2.39 bits per heavy atom. The summed E-state index contributed by atoms with van der Waals surface area (Å²) < 4.78 is 35.9. The molecule has 0 spiro atoms. The van der Waals surface area contributed by atoms with E-state index in [0.29, 0.717) is 61.0 Å². The fourth-order valence-corrected chi connectivity index (χ4v) is 4.47. The largest absolute Gasteiger partial charge is 0.495 e. The molecule has 2 aromatic rings. The zero-order valence-electron chi connectivity index (χ0n) is 18.4. The monoisotopic (exact) mass is 522 g/mol. The second kappa shape index (κ2) is 9.54. The molecule has 0 radical (unpaired) electrons. The number of nitrogens with one attached hydrogen (secondary N) is 2. The summed E-state index contributed by atoms with van der Waals surface area (Å²) in [5, 5.41) is 5.26. The van der Waals surface area contributed by atoms with Crippen molar-refractivity contribution in [2.45, 2.75) is 25.8 Å². The molecule has 2 aliphatic heterocycles. The van der Waals surface area contributed by atoms with E-state index < -0.39 is 17.8 Å². The molecule has 4 rings (SSSR count). The van der Waals surface area contributed by atoms with Crippen molar-refractivity contribution in [2.75, 3.05) is 48.4 Å². The molecule has 2 heterocycles. The summed E-state index contributed by atoms with van der Waals surface area (Å²) in [6, 6.07) is 5.85. The number of nitrogens with zero attached hydrogens (tertiary/aromatic N) is 2. The lowest BCUT2D eigenvalue weighted by molar-refractivity contribution is -0.133. The number of piperidine rings is 1. The number of carbonyl (C=O) groups is 2. The fourth-order valence-electron chi connectivity index (χ4n) is 4.17. The molecule has 33 heavy (non-hydrogen) atoms. The maximum absolute atomic E-state index is 15.1. The molecule has 1 unspecified atom stereocenters. The first kappa shape index (κ1) is 23.3. The van der Waals surface area contributed by atoms with E-state index in [0.717, 1.165) is 4.47 Å². The molecule has 2 fully saturated rings. The summed E-state index contributed by atoms with van der Waals surface area (Å²) in [5.41, 5.74) is 1.83. The van der Waals surface area contributed by atoms with Gasteiger partial charge < -0.3 is 19.9 Å². The first-order valence-electron chi connectivity index (χ1n) is 10.7. The van der Waals surface area contributed by atoms with Gasteiger partial charge in [-0.2, -0.15) is 0 Å². The number of halogens is 3. The van der Waals surface area contributed by atoms with Crippen molar-refractivity contribution in [3.63, 3.8) is 0 Å². The standard InChI is InChI=1S/C23H25BrF2N4O3/c1-13-14(24)3-5-18(22(13)26)29-7-9-30(10-8-29)19-12-20(33-2)17(11-15(19)25)27-16-4-6-21(31)28-23(16)32/h3,5,11-12,16,27H,4,6-10H2,1-2H3,(H,28,31,32). The molecule has 7 nitrogen and oxygen atoms in total. The lowest BCUT2D eigenvalue weighted by Crippen LogP contribution is -2.47. The summed E-state index contributed by atoms with van der Waals surface area (Å²) in [6.07, 6.45) is 0.542. The zero-order chi connectivity index (χ0) is 23.7. The van der Waals surface area contributed by atoms with Crippen LogP contribution in [0.3, 0.4) is 0 Å². The van der Waals surface area contributed by atoms with Crippen LogP contribution in [0.1, 0.15) is 18.4 Å². The van der Waals surface area contributed by atoms with Gasteiger partial charge in [-0.25, -0.2) is 8.78 Å². The van der Waals surface area contributed by atoms with Crippen molar-refractivity contribution in [1.82, 2.24) is 5.32 Å². The van der Waals surface area contributed by atoms with Crippen LogP contribution in [-0.4, -0.2) is 51.1 Å². The van der Waals surface area contributed by atoms with E-state index in [1.807, 2.05) is 15.9 Å². The topological polar surface area (TPSA) is 73.9 Å². The van der Waals surface area contributed by atoms with E-state index in [1.165, 1.54) is 13.2 Å². The van der Waals surface area contributed by atoms with E-state index in [2.05, 4.69) is 26.6 Å². The molecular formula is C23H25BrF2N4O3. The maximum Gasteiger partial charge on any atom is 0.249 e. The van der Waals surface area contributed by atoms with Crippen molar-refractivity contribution in [1.29, 1.82) is 0 Å². The average molecular weight is 523 g/mol. The van der Waals surface area contributed by atoms with Crippen LogP contribution < -0.4 is 25.2 Å². The quantitative estimate of drug-likeness (QED) is 0.584. The second-order valence-corrected chi connectivity index (χ2v) is 8.99. The number of hydrogen-bond acceptors (Lipinski definition) is 6. The van der Waals surface area contributed by atoms with Crippen LogP contribution >= 0.6 is 15.9 Å². The Balaban J connectivity index is 1.48. The minimum absolute atomic E-state index is 0.217. The van der Waals surface area contributed by atoms with Gasteiger partial charge >= 0.3 is 0 Å². The summed E-state index contributed by atoms with van der Waals surface area (Å²) in [6.45, 7) is 3.82. The molecule has 0 aromatic heterocycles. The zero-order valence-corrected chi connectivity index (χ0v) is 20.0. The number of ether oxygens (including phenoxy) is 1. The molecule has 2 amide bonds. The SMILES string of the molecule is COc1cc(N2CCN(c3ccc(Br)c(C)c3F)CC2)c(F)cc1NC1CCC(=O)NC1=O. The van der Waals surface area contributed by atoms with E-state index in [9.17, 15) is 14.0 Å². The van der Waals surface area contributed by atoms with Crippen LogP contribution in [0.15, 0.2) is 28.7 Å². The number of methoxy groups -OCH3 is 1. The highest BCUT2D eigenvalue weighted by atomic mass is 79.9. The summed E-state index contributed by atoms with van der Waals surface area (Å²) in [4.78, 5) is 27.3. The molecule has 2 aliphatic rings. The van der Waals surface area contributed by atoms with Gasteiger partial charge in [0.05, 0.1) is 24.2 Å². The van der Waals surface area contributed by atoms with Gasteiger partial charge in [0.1, 0.15) is 17.6 Å². The molecule has 2 saturated heterocycles. The molecular weight excluding hydrogens is 498 g/mol. The van der Waals surface area contributed by atoms with Gasteiger partial charge in [-0.15, -0.1) is 0 Å². The number of benzene rings is 2. The minimum atomic E-state index is -0.644. The number of hydrogen-bond donors (Lipinski definition) is 2. The summed E-state index contributed by atoms with van der Waals surface area (Å²) >= 11 is 3.35. The predicted octanol–water partition coefficient (Wildman–Crippen LogP) is 3.59. The van der Waals surface area contributed by atoms with Crippen molar-refractivity contribution in [2.24, 2.45) is 0 Å². The highest BCUT2D eigenvalue weighted by molar-refractivity contribution is 9.10. The predicted molar refractivity (Wildman–Crippen MR) is 126 cm³/mol. The number of amides is 2. The van der Waals surface area contributed by atoms with Gasteiger partial charge in [0.15, 0.2) is 5.82 Å². The smallest absolute Gasteiger partial charge is 0.249 e. The first-order chi connectivity index (χ1) is 15.8. The van der Waals surface area contributed by atoms with Gasteiger partial charge in [0.2, 0.25) is 11.8 Å². The van der Waals surface area contributed by atoms with Crippen LogP contribution in [0, 0.1) is 18.6 Å². The van der Waals surface area contributed by atoms with Gasteiger partial charge in [-0.3, -0.25) is 14.9 Å². The third kappa shape index (κ3) is 4.75. The highest BCUT2D eigenvalue weighted by Crippen LogP contribution is 2.35. The molecule has 1 atom stereocenters. The van der Waals surface area contributed by atoms with Crippen molar-refractivity contribution < 1.29 is 23.1 Å². The molecule has 176 valence electrons. The van der Waals surface area contributed by atoms with Crippen LogP contribution in [0.5, 0.6) is 5.75 Å². The fraction of sp³-hybridized carbons (Fsp3) is 0.391. The van der Waals surface area contributed by atoms with Crippen LogP contribution in [-0.2, 0) is 9.59 Å². The Labute approximate surface area is 199 Å². The van der Waals surface area contributed by atoms with Gasteiger partial charge in [0.25, 0.3) is 0 Å². The van der Waals surface area contributed by atoms with Crippen molar-refractivity contribution >= 4 is 44.8 Å². The number of carbonyl (C=O) groups excluding carboxylic acids is 2. The van der Waals surface area contributed by atoms with E-state index in [-0.39, 0.29) is 18.1 Å². The maximum atomic E-state index is 15.1. The second-order valence-electron chi connectivity index (χ2n) is 8.13. The Morgan fingerprint density at radius 2 is 1.76 bits per heavy atom. The lowest BCUT2D eigenvalue weighted by atomic mass is 10.1. The first-order valence-corrected chi connectivity index (χ1v) is 11.5. The number of anilines is 3. The van der Waals surface area contributed by atoms with Gasteiger partial charge in [-0.1, -0.05) is 15.9 Å². The molecule has 0 saturated carbocycles. The number of rotatable bonds is 5. The Morgan fingerprint density at radius 1 is 1.09 bits per heavy atom. The minimum Gasteiger partial charge on any atom is -0.495 e. The number of imide groups is 1. The Bertz CT molecular complexity index is 1090. The van der Waals surface area contributed by atoms with E-state index in [1.54, 1.807) is 19.1 Å². The van der Waals surface area contributed by atoms with Crippen LogP contribution in [0.2, 0.25) is 0 Å². The van der Waals surface area contributed by atoms with Crippen molar-refractivity contribution in [3.8, 4) is 5.75 Å². The van der Waals surface area contributed by atoms with Gasteiger partial charge in [-0.05, 0) is 25.5 Å². The van der Waals surface area contributed by atoms with E-state index >= 15 is 4.39 Å². The Kier molecular flexibility index (Phi) is 6.73. The lowest BCUT2D eigenvalue weighted by Gasteiger charge is -2.38. The molecule has 10 heteroatoms. The summed E-state index contributed by atoms with van der Waals surface area (Å²) in [7, 11) is 1.48. The molecule has 2 N–H and O–H groups in total. The average Bonchev–Trinajstić information content (AvgIpc) is 2.80. The third-order valence-corrected chi connectivity index (χ3v) is 6.96. The number of piperazine rings is 1. The van der Waals surface area contributed by atoms with Crippen LogP contribution in [0.25, 0.3) is 0 Å². The normalized spacial score (nSPS) is 18.9. The van der Waals surface area contributed by atoms with Gasteiger partial charge in [0, 0.05) is 54.8 Å². The molecule has 0 aliphatic carbocycles. The third-order valence-electron chi connectivity index (χ3n) is 6.10. The molecule has 2 aromatic carbocycles. The van der Waals surface area contributed by atoms with Crippen molar-refractivity contribution in [3.05, 3.63) is 45.9 Å². The Hall–Kier alpha value is -2.88. The van der Waals surface area contributed by atoms with Crippen LogP contribution in [0.4, 0.5) is 25.8 Å².